The molecule has 1 heterocycles. The fraction of sp³-hybridized carbons (Fsp3) is 0.250. The Balaban J connectivity index is 0. The maximum atomic E-state index is 11.2. The molecule has 0 saturated heterocycles. The zero-order valence-corrected chi connectivity index (χ0v) is 10.9. The van der Waals surface area contributed by atoms with Crippen molar-refractivity contribution < 1.29 is 4.79 Å². The van der Waals surface area contributed by atoms with Crippen LogP contribution in [0.3, 0.4) is 0 Å². The van der Waals surface area contributed by atoms with Crippen molar-refractivity contribution in [2.24, 2.45) is 5.73 Å². The molecule has 0 spiro atoms. The van der Waals surface area contributed by atoms with Crippen LogP contribution in [-0.4, -0.2) is 24.0 Å². The summed E-state index contributed by atoms with van der Waals surface area (Å²) in [5.74, 6) is -0.131. The molecule has 3 N–H and O–H groups in total. The first kappa shape index (κ1) is 16.0. The fourth-order valence-electron chi connectivity index (χ4n) is 0.785. The fourth-order valence-corrected chi connectivity index (χ4v) is 0.785. The van der Waals surface area contributed by atoms with Crippen LogP contribution in [0.2, 0.25) is 0 Å². The van der Waals surface area contributed by atoms with Gasteiger partial charge >= 0.3 is 0 Å². The lowest BCUT2D eigenvalue weighted by atomic mass is 10.3. The minimum atomic E-state index is -0.131. The number of hydrogen-bond donors (Lipinski definition) is 2. The average molecular weight is 327 g/mol. The Kier molecular flexibility index (Phi) is 10.4. The largest absolute Gasteiger partial charge is 0.351 e. The minimum Gasteiger partial charge on any atom is -0.351 e. The number of carbonyl (C=O) groups excluding carboxylic acids is 1. The second-order valence-corrected chi connectivity index (χ2v) is 2.29. The van der Waals surface area contributed by atoms with E-state index in [2.05, 4.69) is 10.3 Å². The quantitative estimate of drug-likeness (QED) is 0.868. The van der Waals surface area contributed by atoms with E-state index < -0.39 is 0 Å². The van der Waals surface area contributed by atoms with Crippen LogP contribution in [0.5, 0.6) is 0 Å². The van der Waals surface area contributed by atoms with Crippen molar-refractivity contribution in [1.29, 1.82) is 0 Å². The molecule has 0 aliphatic rings. The Hall–Kier alpha value is -0.460. The van der Waals surface area contributed by atoms with Crippen molar-refractivity contribution in [3.63, 3.8) is 0 Å². The summed E-state index contributed by atoms with van der Waals surface area (Å²) in [7, 11) is 0. The molecular formula is C8H13Br2N3O. The first-order valence-electron chi connectivity index (χ1n) is 3.73. The second kappa shape index (κ2) is 9.11. The van der Waals surface area contributed by atoms with Gasteiger partial charge in [-0.15, -0.1) is 34.0 Å². The van der Waals surface area contributed by atoms with Crippen LogP contribution in [0.25, 0.3) is 0 Å². The third kappa shape index (κ3) is 5.31. The summed E-state index contributed by atoms with van der Waals surface area (Å²) in [6, 6.07) is 3.43. The lowest BCUT2D eigenvalue weighted by molar-refractivity contribution is 0.0954. The normalized spacial score (nSPS) is 8.07. The molecule has 0 saturated carbocycles. The standard InChI is InChI=1S/C8H11N3O.2BrH/c9-3-5-11-8(12)7-2-1-4-10-6-7;;/h1-2,4,6H,3,5,9H2,(H,11,12);2*1H. The van der Waals surface area contributed by atoms with Crippen molar-refractivity contribution in [2.75, 3.05) is 13.1 Å². The molecular weight excluding hydrogens is 314 g/mol. The molecule has 0 unspecified atom stereocenters. The number of rotatable bonds is 3. The molecule has 0 radical (unpaired) electrons. The van der Waals surface area contributed by atoms with E-state index in [1.807, 2.05) is 0 Å². The van der Waals surface area contributed by atoms with E-state index in [1.165, 1.54) is 6.20 Å². The Morgan fingerprint density at radius 2 is 2.21 bits per heavy atom. The number of halogens is 2. The zero-order valence-electron chi connectivity index (χ0n) is 7.47. The van der Waals surface area contributed by atoms with Crippen LogP contribution in [-0.2, 0) is 0 Å². The average Bonchev–Trinajstić information content (AvgIpc) is 2.15. The number of nitrogens with two attached hydrogens (primary N) is 1. The van der Waals surface area contributed by atoms with E-state index in [0.29, 0.717) is 18.7 Å². The third-order valence-electron chi connectivity index (χ3n) is 1.35. The van der Waals surface area contributed by atoms with Gasteiger partial charge < -0.3 is 11.1 Å². The highest BCUT2D eigenvalue weighted by Gasteiger charge is 2.01. The summed E-state index contributed by atoms with van der Waals surface area (Å²) >= 11 is 0. The molecule has 0 aliphatic carbocycles. The number of pyridine rings is 1. The lowest BCUT2D eigenvalue weighted by Gasteiger charge is -2.01. The third-order valence-corrected chi connectivity index (χ3v) is 1.35. The van der Waals surface area contributed by atoms with E-state index >= 15 is 0 Å². The van der Waals surface area contributed by atoms with Crippen molar-refractivity contribution in [1.82, 2.24) is 10.3 Å². The summed E-state index contributed by atoms with van der Waals surface area (Å²) in [5.41, 5.74) is 5.79. The van der Waals surface area contributed by atoms with Crippen molar-refractivity contribution in [2.45, 2.75) is 0 Å². The van der Waals surface area contributed by atoms with Gasteiger partial charge in [0.25, 0.3) is 5.91 Å². The van der Waals surface area contributed by atoms with Crippen LogP contribution in [0, 0.1) is 0 Å². The summed E-state index contributed by atoms with van der Waals surface area (Å²) < 4.78 is 0. The Morgan fingerprint density at radius 1 is 1.50 bits per heavy atom. The van der Waals surface area contributed by atoms with Gasteiger partial charge in [0.05, 0.1) is 5.56 Å². The first-order chi connectivity index (χ1) is 5.84. The van der Waals surface area contributed by atoms with Crippen LogP contribution >= 0.6 is 34.0 Å². The summed E-state index contributed by atoms with van der Waals surface area (Å²) in [4.78, 5) is 15.0. The molecule has 0 bridgehead atoms. The molecule has 0 fully saturated rings. The van der Waals surface area contributed by atoms with Gasteiger partial charge in [-0.3, -0.25) is 9.78 Å². The topological polar surface area (TPSA) is 68.0 Å². The number of nitrogens with zero attached hydrogens (tertiary/aromatic N) is 1. The number of amides is 1. The molecule has 6 heteroatoms. The van der Waals surface area contributed by atoms with E-state index in [1.54, 1.807) is 18.3 Å². The second-order valence-electron chi connectivity index (χ2n) is 2.29. The zero-order chi connectivity index (χ0) is 8.81. The van der Waals surface area contributed by atoms with Crippen LogP contribution in [0.15, 0.2) is 24.5 Å². The molecule has 14 heavy (non-hydrogen) atoms. The van der Waals surface area contributed by atoms with Gasteiger partial charge in [0.15, 0.2) is 0 Å². The van der Waals surface area contributed by atoms with Crippen LogP contribution in [0.4, 0.5) is 0 Å². The molecule has 0 atom stereocenters. The number of aromatic nitrogens is 1. The number of hydrogen-bond acceptors (Lipinski definition) is 3. The molecule has 1 aromatic rings. The summed E-state index contributed by atoms with van der Waals surface area (Å²) in [6.45, 7) is 0.944. The lowest BCUT2D eigenvalue weighted by Crippen LogP contribution is -2.28. The summed E-state index contributed by atoms with van der Waals surface area (Å²) in [6.07, 6.45) is 3.14. The van der Waals surface area contributed by atoms with Gasteiger partial charge in [0, 0.05) is 25.5 Å². The van der Waals surface area contributed by atoms with Gasteiger partial charge in [-0.2, -0.15) is 0 Å². The molecule has 0 aromatic carbocycles. The Bertz CT molecular complexity index is 256. The van der Waals surface area contributed by atoms with Crippen molar-refractivity contribution in [3.05, 3.63) is 30.1 Å². The molecule has 80 valence electrons. The minimum absolute atomic E-state index is 0. The van der Waals surface area contributed by atoms with Gasteiger partial charge in [0.2, 0.25) is 0 Å². The highest BCUT2D eigenvalue weighted by Crippen LogP contribution is 1.93. The van der Waals surface area contributed by atoms with Gasteiger partial charge in [-0.25, -0.2) is 0 Å². The Morgan fingerprint density at radius 3 is 2.71 bits per heavy atom. The Labute approximate surface area is 104 Å². The maximum absolute atomic E-state index is 11.2. The predicted molar refractivity (Wildman–Crippen MR) is 66.3 cm³/mol. The molecule has 1 aromatic heterocycles. The maximum Gasteiger partial charge on any atom is 0.252 e. The molecule has 0 aliphatic heterocycles. The number of carbonyl (C=O) groups is 1. The van der Waals surface area contributed by atoms with Crippen molar-refractivity contribution in [3.8, 4) is 0 Å². The molecule has 1 amide bonds. The highest BCUT2D eigenvalue weighted by molar-refractivity contribution is 8.93. The number of nitrogens with one attached hydrogen (secondary N) is 1. The van der Waals surface area contributed by atoms with Crippen molar-refractivity contribution >= 4 is 39.9 Å². The predicted octanol–water partition coefficient (Wildman–Crippen LogP) is 0.926. The first-order valence-corrected chi connectivity index (χ1v) is 3.73. The summed E-state index contributed by atoms with van der Waals surface area (Å²) in [5, 5.41) is 2.64. The smallest absolute Gasteiger partial charge is 0.252 e. The van der Waals surface area contributed by atoms with Crippen LogP contribution in [0.1, 0.15) is 10.4 Å². The highest BCUT2D eigenvalue weighted by atomic mass is 79.9. The molecule has 4 nitrogen and oxygen atoms in total. The van der Waals surface area contributed by atoms with E-state index in [0.717, 1.165) is 0 Å². The van der Waals surface area contributed by atoms with E-state index in [9.17, 15) is 4.79 Å². The monoisotopic (exact) mass is 325 g/mol. The van der Waals surface area contributed by atoms with E-state index in [4.69, 9.17) is 5.73 Å². The SMILES string of the molecule is Br.Br.NCCNC(=O)c1cccnc1. The molecule has 1 rings (SSSR count). The van der Waals surface area contributed by atoms with Gasteiger partial charge in [-0.05, 0) is 12.1 Å². The van der Waals surface area contributed by atoms with Gasteiger partial charge in [0.1, 0.15) is 0 Å². The van der Waals surface area contributed by atoms with Gasteiger partial charge in [-0.1, -0.05) is 0 Å². The van der Waals surface area contributed by atoms with E-state index in [-0.39, 0.29) is 39.9 Å². The van der Waals surface area contributed by atoms with Crippen LogP contribution < -0.4 is 11.1 Å².